The molecule has 3 rings (SSSR count). The fourth-order valence-electron chi connectivity index (χ4n) is 2.35. The Labute approximate surface area is 139 Å². The van der Waals surface area contributed by atoms with E-state index >= 15 is 0 Å². The summed E-state index contributed by atoms with van der Waals surface area (Å²) < 4.78 is 35.1. The SMILES string of the molecule is CS(=O)(=O)CC[C@@H](N)c1nc([C@H](c2ccco2)n2cccc2)no1. The molecule has 0 amide bonds. The summed E-state index contributed by atoms with van der Waals surface area (Å²) in [5.41, 5.74) is 5.96. The molecule has 0 unspecified atom stereocenters. The van der Waals surface area contributed by atoms with E-state index in [-0.39, 0.29) is 24.1 Å². The van der Waals surface area contributed by atoms with E-state index in [4.69, 9.17) is 14.7 Å². The Kier molecular flexibility index (Phi) is 4.54. The summed E-state index contributed by atoms with van der Waals surface area (Å²) in [6.45, 7) is 0. The fraction of sp³-hybridized carbons (Fsp3) is 0.333. The summed E-state index contributed by atoms with van der Waals surface area (Å²) in [7, 11) is -3.10. The molecule has 0 radical (unpaired) electrons. The maximum Gasteiger partial charge on any atom is 0.243 e. The summed E-state index contributed by atoms with van der Waals surface area (Å²) in [5, 5.41) is 4.00. The van der Waals surface area contributed by atoms with Gasteiger partial charge < -0.3 is 19.2 Å². The average molecular weight is 350 g/mol. The van der Waals surface area contributed by atoms with Gasteiger partial charge in [-0.3, -0.25) is 0 Å². The van der Waals surface area contributed by atoms with Gasteiger partial charge in [-0.15, -0.1) is 0 Å². The summed E-state index contributed by atoms with van der Waals surface area (Å²) in [6, 6.07) is 6.36. The van der Waals surface area contributed by atoms with Gasteiger partial charge in [-0.1, -0.05) is 5.16 Å². The molecule has 2 N–H and O–H groups in total. The van der Waals surface area contributed by atoms with Crippen molar-refractivity contribution in [1.82, 2.24) is 14.7 Å². The molecule has 0 spiro atoms. The van der Waals surface area contributed by atoms with Crippen molar-refractivity contribution in [2.75, 3.05) is 12.0 Å². The van der Waals surface area contributed by atoms with Crippen LogP contribution in [0.15, 0.2) is 51.9 Å². The predicted molar refractivity (Wildman–Crippen MR) is 85.9 cm³/mol. The van der Waals surface area contributed by atoms with E-state index in [0.29, 0.717) is 11.6 Å². The monoisotopic (exact) mass is 350 g/mol. The number of aromatic nitrogens is 3. The van der Waals surface area contributed by atoms with Gasteiger partial charge in [-0.05, 0) is 30.7 Å². The van der Waals surface area contributed by atoms with Crippen molar-refractivity contribution < 1.29 is 17.4 Å². The topological polar surface area (TPSA) is 117 Å². The molecule has 0 fully saturated rings. The number of nitrogens with zero attached hydrogens (tertiary/aromatic N) is 3. The number of nitrogens with two attached hydrogens (primary N) is 1. The van der Waals surface area contributed by atoms with Crippen LogP contribution in [0.2, 0.25) is 0 Å². The van der Waals surface area contributed by atoms with E-state index in [9.17, 15) is 8.42 Å². The lowest BCUT2D eigenvalue weighted by molar-refractivity contribution is 0.343. The van der Waals surface area contributed by atoms with Crippen molar-refractivity contribution >= 4 is 9.84 Å². The van der Waals surface area contributed by atoms with Crippen molar-refractivity contribution in [3.05, 3.63) is 60.4 Å². The normalized spacial score (nSPS) is 14.6. The van der Waals surface area contributed by atoms with E-state index < -0.39 is 15.9 Å². The molecular weight excluding hydrogens is 332 g/mol. The number of rotatable bonds is 7. The Morgan fingerprint density at radius 1 is 1.29 bits per heavy atom. The highest BCUT2D eigenvalue weighted by molar-refractivity contribution is 7.90. The molecule has 128 valence electrons. The van der Waals surface area contributed by atoms with E-state index in [1.54, 1.807) is 12.3 Å². The van der Waals surface area contributed by atoms with Crippen molar-refractivity contribution in [2.24, 2.45) is 5.73 Å². The van der Waals surface area contributed by atoms with Crippen molar-refractivity contribution in [3.63, 3.8) is 0 Å². The molecule has 0 aliphatic rings. The van der Waals surface area contributed by atoms with Crippen LogP contribution in [0.25, 0.3) is 0 Å². The van der Waals surface area contributed by atoms with Gasteiger partial charge in [-0.25, -0.2) is 8.42 Å². The summed E-state index contributed by atoms with van der Waals surface area (Å²) in [4.78, 5) is 4.34. The van der Waals surface area contributed by atoms with E-state index in [1.165, 1.54) is 0 Å². The second-order valence-corrected chi connectivity index (χ2v) is 7.82. The molecule has 3 aromatic heterocycles. The van der Waals surface area contributed by atoms with Crippen LogP contribution in [0.3, 0.4) is 0 Å². The second kappa shape index (κ2) is 6.62. The first-order valence-electron chi connectivity index (χ1n) is 7.37. The third-order valence-electron chi connectivity index (χ3n) is 3.56. The smallest absolute Gasteiger partial charge is 0.243 e. The first-order chi connectivity index (χ1) is 11.4. The van der Waals surface area contributed by atoms with Crippen LogP contribution < -0.4 is 5.73 Å². The van der Waals surface area contributed by atoms with Crippen LogP contribution in [-0.2, 0) is 9.84 Å². The average Bonchev–Trinajstić information content (AvgIpc) is 3.27. The Morgan fingerprint density at radius 3 is 2.67 bits per heavy atom. The van der Waals surface area contributed by atoms with Crippen LogP contribution in [0.1, 0.15) is 36.0 Å². The minimum absolute atomic E-state index is 0.0366. The largest absolute Gasteiger partial charge is 0.467 e. The van der Waals surface area contributed by atoms with E-state index in [1.807, 2.05) is 35.2 Å². The first-order valence-corrected chi connectivity index (χ1v) is 9.43. The molecule has 0 aliphatic carbocycles. The number of hydrogen-bond acceptors (Lipinski definition) is 7. The van der Waals surface area contributed by atoms with Crippen LogP contribution in [0, 0.1) is 0 Å². The standard InChI is InChI=1S/C15H18N4O4S/c1-24(20,21)10-6-11(16)15-17-14(18-23-15)13(12-5-4-9-22-12)19-7-2-3-8-19/h2-5,7-9,11,13H,6,10,16H2,1H3/t11-,13+/m1/s1. The quantitative estimate of drug-likeness (QED) is 0.686. The van der Waals surface area contributed by atoms with Gasteiger partial charge in [0.25, 0.3) is 0 Å². The highest BCUT2D eigenvalue weighted by atomic mass is 32.2. The Morgan fingerprint density at radius 2 is 2.04 bits per heavy atom. The zero-order valence-electron chi connectivity index (χ0n) is 13.1. The summed E-state index contributed by atoms with van der Waals surface area (Å²) in [6.07, 6.45) is 6.69. The van der Waals surface area contributed by atoms with Crippen molar-refractivity contribution in [2.45, 2.75) is 18.5 Å². The lowest BCUT2D eigenvalue weighted by Crippen LogP contribution is -2.16. The molecule has 0 bridgehead atoms. The Bertz CT molecular complexity index is 834. The number of hydrogen-bond donors (Lipinski definition) is 1. The maximum absolute atomic E-state index is 11.3. The highest BCUT2D eigenvalue weighted by Crippen LogP contribution is 2.26. The molecule has 0 aromatic carbocycles. The van der Waals surface area contributed by atoms with Crippen molar-refractivity contribution in [3.8, 4) is 0 Å². The summed E-state index contributed by atoms with van der Waals surface area (Å²) >= 11 is 0. The van der Waals surface area contributed by atoms with Crippen LogP contribution in [0.5, 0.6) is 0 Å². The zero-order chi connectivity index (χ0) is 17.2. The summed E-state index contributed by atoms with van der Waals surface area (Å²) in [5.74, 6) is 1.22. The molecule has 0 saturated carbocycles. The van der Waals surface area contributed by atoms with Gasteiger partial charge in [-0.2, -0.15) is 4.98 Å². The van der Waals surface area contributed by atoms with E-state index in [0.717, 1.165) is 6.26 Å². The molecule has 0 aliphatic heterocycles. The van der Waals surface area contributed by atoms with Gasteiger partial charge in [0.05, 0.1) is 18.1 Å². The lowest BCUT2D eigenvalue weighted by Gasteiger charge is -2.12. The van der Waals surface area contributed by atoms with Crippen LogP contribution >= 0.6 is 0 Å². The first kappa shape index (κ1) is 16.5. The zero-order valence-corrected chi connectivity index (χ0v) is 13.9. The molecule has 24 heavy (non-hydrogen) atoms. The van der Waals surface area contributed by atoms with Gasteiger partial charge in [0.15, 0.2) is 6.04 Å². The van der Waals surface area contributed by atoms with Gasteiger partial charge in [0.1, 0.15) is 15.6 Å². The second-order valence-electron chi connectivity index (χ2n) is 5.56. The molecule has 2 atom stereocenters. The molecular formula is C15H18N4O4S. The van der Waals surface area contributed by atoms with Crippen LogP contribution in [0.4, 0.5) is 0 Å². The molecule has 3 aromatic rings. The molecule has 8 nitrogen and oxygen atoms in total. The van der Waals surface area contributed by atoms with Gasteiger partial charge in [0.2, 0.25) is 11.7 Å². The Hall–Kier alpha value is -2.39. The Balaban J connectivity index is 1.84. The molecule has 0 saturated heterocycles. The highest BCUT2D eigenvalue weighted by Gasteiger charge is 2.26. The molecule has 3 heterocycles. The van der Waals surface area contributed by atoms with Gasteiger partial charge >= 0.3 is 0 Å². The van der Waals surface area contributed by atoms with Gasteiger partial charge in [0, 0.05) is 18.6 Å². The van der Waals surface area contributed by atoms with E-state index in [2.05, 4.69) is 10.1 Å². The third-order valence-corrected chi connectivity index (χ3v) is 4.53. The minimum Gasteiger partial charge on any atom is -0.467 e. The third kappa shape index (κ3) is 3.74. The van der Waals surface area contributed by atoms with Crippen molar-refractivity contribution in [1.29, 1.82) is 0 Å². The maximum atomic E-state index is 11.3. The fourth-order valence-corrected chi connectivity index (χ4v) is 3.03. The number of sulfone groups is 1. The lowest BCUT2D eigenvalue weighted by atomic mass is 10.2. The molecule has 9 heteroatoms. The van der Waals surface area contributed by atoms with Crippen LogP contribution in [-0.4, -0.2) is 35.1 Å². The predicted octanol–water partition coefficient (Wildman–Crippen LogP) is 1.54. The minimum atomic E-state index is -3.10. The number of furan rings is 1.